The predicted molar refractivity (Wildman–Crippen MR) is 255 cm³/mol. The molecule has 368 valence electrons. The molecule has 1 rings (SSSR count). The van der Waals surface area contributed by atoms with Crippen molar-refractivity contribution in [3.8, 4) is 0 Å². The van der Waals surface area contributed by atoms with Gasteiger partial charge in [-0.25, -0.2) is 0 Å². The molecule has 1 amide bonds. The summed E-state index contributed by atoms with van der Waals surface area (Å²) in [6.45, 7) is 4.22. The third kappa shape index (κ3) is 33.1. The maximum atomic E-state index is 12.9. The highest BCUT2D eigenvalue weighted by molar-refractivity contribution is 5.76. The monoisotopic (exact) mass is 894 g/mol. The minimum Gasteiger partial charge on any atom is -0.466 e. The second-order valence-corrected chi connectivity index (χ2v) is 17.9. The Labute approximate surface area is 383 Å². The number of allylic oxidation sites excluding steroid dienone is 5. The van der Waals surface area contributed by atoms with E-state index in [4.69, 9.17) is 14.2 Å². The van der Waals surface area contributed by atoms with Crippen molar-refractivity contribution in [1.82, 2.24) is 5.32 Å². The van der Waals surface area contributed by atoms with Crippen LogP contribution in [0.5, 0.6) is 0 Å². The van der Waals surface area contributed by atoms with Crippen LogP contribution >= 0.6 is 0 Å². The lowest BCUT2D eigenvalue weighted by molar-refractivity contribution is -0.302. The molecule has 1 aliphatic heterocycles. The van der Waals surface area contributed by atoms with Crippen molar-refractivity contribution >= 4 is 11.9 Å². The molecule has 1 saturated heterocycles. The average molecular weight is 894 g/mol. The Kier molecular flexibility index (Phi) is 39.7. The number of carbonyl (C=O) groups excluding carboxylic acids is 2. The van der Waals surface area contributed by atoms with E-state index >= 15 is 0 Å². The van der Waals surface area contributed by atoms with Crippen LogP contribution in [-0.2, 0) is 23.8 Å². The van der Waals surface area contributed by atoms with E-state index in [2.05, 4.69) is 43.5 Å². The molecule has 0 aromatic rings. The van der Waals surface area contributed by atoms with Gasteiger partial charge < -0.3 is 45.1 Å². The molecule has 63 heavy (non-hydrogen) atoms. The lowest BCUT2D eigenvalue weighted by atomic mass is 9.99. The van der Waals surface area contributed by atoms with Crippen molar-refractivity contribution in [3.63, 3.8) is 0 Å². The minimum absolute atomic E-state index is 0.0422. The average Bonchev–Trinajstić information content (AvgIpc) is 3.28. The summed E-state index contributed by atoms with van der Waals surface area (Å²) in [6.07, 6.45) is 39.5. The zero-order chi connectivity index (χ0) is 46.0. The van der Waals surface area contributed by atoms with Crippen molar-refractivity contribution in [2.45, 2.75) is 262 Å². The molecule has 1 aliphatic rings. The van der Waals surface area contributed by atoms with Gasteiger partial charge >= 0.3 is 5.97 Å². The molecule has 0 aromatic heterocycles. The Bertz CT molecular complexity index is 1150. The highest BCUT2D eigenvalue weighted by Crippen LogP contribution is 2.23. The van der Waals surface area contributed by atoms with E-state index in [0.717, 1.165) is 103 Å². The highest BCUT2D eigenvalue weighted by Gasteiger charge is 2.44. The fourth-order valence-corrected chi connectivity index (χ4v) is 7.83. The zero-order valence-corrected chi connectivity index (χ0v) is 40.0. The van der Waals surface area contributed by atoms with Crippen LogP contribution < -0.4 is 5.32 Å². The third-order valence-corrected chi connectivity index (χ3v) is 12.0. The molecule has 0 radical (unpaired) electrons. The second kappa shape index (κ2) is 42.5. The second-order valence-electron chi connectivity index (χ2n) is 17.9. The first-order chi connectivity index (χ1) is 30.7. The van der Waals surface area contributed by atoms with Crippen molar-refractivity contribution in [3.05, 3.63) is 36.5 Å². The molecule has 1 fully saturated rings. The van der Waals surface area contributed by atoms with Gasteiger partial charge in [0.05, 0.1) is 32.0 Å². The topological polar surface area (TPSA) is 175 Å². The Morgan fingerprint density at radius 2 is 1.05 bits per heavy atom. The summed E-state index contributed by atoms with van der Waals surface area (Å²) >= 11 is 0. The van der Waals surface area contributed by atoms with Gasteiger partial charge in [-0.2, -0.15) is 0 Å². The number of rotatable bonds is 43. The predicted octanol–water partition coefficient (Wildman–Crippen LogP) is 10.4. The number of unbranched alkanes of at least 4 members (excludes halogenated alkanes) is 26. The van der Waals surface area contributed by atoms with Gasteiger partial charge in [0.15, 0.2) is 6.29 Å². The number of aliphatic hydroxyl groups is 5. The van der Waals surface area contributed by atoms with E-state index in [1.54, 1.807) is 6.08 Å². The first kappa shape index (κ1) is 58.9. The molecule has 0 spiro atoms. The summed E-state index contributed by atoms with van der Waals surface area (Å²) in [7, 11) is 0. The van der Waals surface area contributed by atoms with E-state index in [1.807, 2.05) is 6.08 Å². The number of carbonyl (C=O) groups is 2. The molecule has 0 saturated carbocycles. The summed E-state index contributed by atoms with van der Waals surface area (Å²) in [6, 6.07) is -0.824. The van der Waals surface area contributed by atoms with Gasteiger partial charge in [-0.1, -0.05) is 179 Å². The molecule has 6 N–H and O–H groups in total. The summed E-state index contributed by atoms with van der Waals surface area (Å²) in [5, 5.41) is 54.0. The van der Waals surface area contributed by atoms with E-state index in [1.165, 1.54) is 89.9 Å². The zero-order valence-electron chi connectivity index (χ0n) is 40.0. The molecule has 1 heterocycles. The molecule has 11 nitrogen and oxygen atoms in total. The van der Waals surface area contributed by atoms with Crippen LogP contribution in [0, 0.1) is 0 Å². The number of hydrogen-bond acceptors (Lipinski definition) is 10. The van der Waals surface area contributed by atoms with Crippen LogP contribution in [0.25, 0.3) is 0 Å². The van der Waals surface area contributed by atoms with Crippen molar-refractivity contribution in [1.29, 1.82) is 0 Å². The molecule has 0 bridgehead atoms. The summed E-state index contributed by atoms with van der Waals surface area (Å²) in [4.78, 5) is 24.9. The van der Waals surface area contributed by atoms with Gasteiger partial charge in [0.1, 0.15) is 24.4 Å². The number of aliphatic hydroxyl groups excluding tert-OH is 5. The molecule has 7 unspecified atom stereocenters. The maximum absolute atomic E-state index is 12.9. The molecular formula is C52H95NO10. The number of nitrogens with one attached hydrogen (secondary N) is 1. The number of hydrogen-bond donors (Lipinski definition) is 6. The highest BCUT2D eigenvalue weighted by atomic mass is 16.7. The molecule has 0 aliphatic carbocycles. The van der Waals surface area contributed by atoms with Gasteiger partial charge in [0, 0.05) is 12.8 Å². The van der Waals surface area contributed by atoms with Crippen LogP contribution in [0.15, 0.2) is 36.5 Å². The molecule has 7 atom stereocenters. The number of ether oxygens (including phenoxy) is 3. The molecule has 0 aromatic carbocycles. The van der Waals surface area contributed by atoms with Gasteiger partial charge in [-0.05, 0) is 64.2 Å². The van der Waals surface area contributed by atoms with Crippen molar-refractivity contribution in [2.24, 2.45) is 0 Å². The summed E-state index contributed by atoms with van der Waals surface area (Å²) < 4.78 is 16.6. The summed E-state index contributed by atoms with van der Waals surface area (Å²) in [5.41, 5.74) is 0. The fraction of sp³-hybridized carbons (Fsp3) is 0.846. The Hall–Kier alpha value is -2.12. The van der Waals surface area contributed by atoms with Gasteiger partial charge in [0.2, 0.25) is 5.91 Å². The lowest BCUT2D eigenvalue weighted by Gasteiger charge is -2.40. The van der Waals surface area contributed by atoms with Gasteiger partial charge in [0.25, 0.3) is 0 Å². The Morgan fingerprint density at radius 1 is 0.587 bits per heavy atom. The molecule has 11 heteroatoms. The smallest absolute Gasteiger partial charge is 0.305 e. The van der Waals surface area contributed by atoms with E-state index in [9.17, 15) is 35.1 Å². The standard InChI is InChI=1S/C52H95NO10/c1-3-5-7-9-11-13-19-24-28-32-36-40-48(57)61-41-37-33-29-25-21-18-16-14-15-17-20-23-27-31-35-39-47(56)53-44(45(55)38-34-30-26-22-12-10-8-6-4-2)43-62-52-51(60)50(59)49(58)46(42-54)63-52/h14,16,18,21,34,38,44-46,49-52,54-55,58-60H,3-13,15,17,19-20,22-33,35-37,39-43H2,1-2H3,(H,53,56)/b16-14-,21-18-,38-34+. The summed E-state index contributed by atoms with van der Waals surface area (Å²) in [5.74, 6) is -0.250. The van der Waals surface area contributed by atoms with E-state index < -0.39 is 49.5 Å². The Morgan fingerprint density at radius 3 is 1.57 bits per heavy atom. The normalized spacial score (nSPS) is 20.3. The lowest BCUT2D eigenvalue weighted by Crippen LogP contribution is -2.60. The SMILES string of the molecule is CCCCCCCCC/C=C/C(O)C(COC1OC(CO)C(O)C(O)C1O)NC(=O)CCCCCCCC/C=C\C=C/CCCCCOC(=O)CCCCCCCCCCCCC. The van der Waals surface area contributed by atoms with Crippen LogP contribution in [-0.4, -0.2) is 100 Å². The van der Waals surface area contributed by atoms with E-state index in [0.29, 0.717) is 19.4 Å². The first-order valence-corrected chi connectivity index (χ1v) is 25.8. The first-order valence-electron chi connectivity index (χ1n) is 25.8. The van der Waals surface area contributed by atoms with Crippen LogP contribution in [0.2, 0.25) is 0 Å². The van der Waals surface area contributed by atoms with Crippen LogP contribution in [0.4, 0.5) is 0 Å². The van der Waals surface area contributed by atoms with Crippen LogP contribution in [0.3, 0.4) is 0 Å². The van der Waals surface area contributed by atoms with Crippen molar-refractivity contribution in [2.75, 3.05) is 19.8 Å². The minimum atomic E-state index is -1.58. The number of esters is 1. The maximum Gasteiger partial charge on any atom is 0.305 e. The Balaban J connectivity index is 2.17. The van der Waals surface area contributed by atoms with Gasteiger partial charge in [-0.3, -0.25) is 9.59 Å². The van der Waals surface area contributed by atoms with E-state index in [-0.39, 0.29) is 18.5 Å². The number of amides is 1. The third-order valence-electron chi connectivity index (χ3n) is 12.0. The molecular weight excluding hydrogens is 799 g/mol. The largest absolute Gasteiger partial charge is 0.466 e. The quantitative estimate of drug-likeness (QED) is 0.0150. The van der Waals surface area contributed by atoms with Crippen molar-refractivity contribution < 1.29 is 49.3 Å². The van der Waals surface area contributed by atoms with Crippen LogP contribution in [0.1, 0.15) is 219 Å². The fourth-order valence-electron chi connectivity index (χ4n) is 7.83. The van der Waals surface area contributed by atoms with Gasteiger partial charge in [-0.15, -0.1) is 0 Å².